The molecule has 4 heteroatoms. The Morgan fingerprint density at radius 1 is 1.23 bits per heavy atom. The third-order valence-electron chi connectivity index (χ3n) is 1.78. The third-order valence-corrected chi connectivity index (χ3v) is 4.64. The van der Waals surface area contributed by atoms with Crippen molar-refractivity contribution in [3.63, 3.8) is 0 Å². The van der Waals surface area contributed by atoms with Crippen LogP contribution in [0.25, 0.3) is 0 Å². The zero-order chi connectivity index (χ0) is 9.90. The quantitative estimate of drug-likeness (QED) is 0.605. The molecule has 0 fully saturated rings. The van der Waals surface area contributed by atoms with Gasteiger partial charge in [0.05, 0.1) is 0 Å². The van der Waals surface area contributed by atoms with Gasteiger partial charge in [-0.25, -0.2) is 0 Å². The second-order valence-electron chi connectivity index (χ2n) is 2.49. The maximum atomic E-state index is 10.6. The van der Waals surface area contributed by atoms with Gasteiger partial charge in [0.1, 0.15) is 0 Å². The molecular formula is C9H7MnO3. The van der Waals surface area contributed by atoms with Crippen molar-refractivity contribution >= 4 is 14.4 Å². The fourth-order valence-corrected chi connectivity index (χ4v) is 3.00. The zero-order valence-corrected chi connectivity index (χ0v) is 8.14. The van der Waals surface area contributed by atoms with Gasteiger partial charge in [0.15, 0.2) is 0 Å². The zero-order valence-electron chi connectivity index (χ0n) is 6.96. The average Bonchev–Trinajstić information content (AvgIpc) is 2.57. The van der Waals surface area contributed by atoms with Crippen molar-refractivity contribution in [2.24, 2.45) is 0 Å². The van der Waals surface area contributed by atoms with Crippen LogP contribution >= 0.6 is 0 Å². The summed E-state index contributed by atoms with van der Waals surface area (Å²) in [7, 11) is 0. The Morgan fingerprint density at radius 2 is 1.77 bits per heavy atom. The van der Waals surface area contributed by atoms with Crippen LogP contribution in [0.5, 0.6) is 0 Å². The molecule has 68 valence electrons. The first-order valence-electron chi connectivity index (χ1n) is 3.50. The Morgan fingerprint density at radius 3 is 2.08 bits per heavy atom. The van der Waals surface area contributed by atoms with Gasteiger partial charge >= 0.3 is 75.8 Å². The molecule has 1 aliphatic rings. The molecule has 0 bridgehead atoms. The van der Waals surface area contributed by atoms with Gasteiger partial charge in [-0.3, -0.25) is 0 Å². The molecule has 0 amide bonds. The summed E-state index contributed by atoms with van der Waals surface area (Å²) in [5, 5.41) is 0. The van der Waals surface area contributed by atoms with E-state index in [4.69, 9.17) is 0 Å². The summed E-state index contributed by atoms with van der Waals surface area (Å²) in [6.07, 6.45) is 4.06. The van der Waals surface area contributed by atoms with E-state index >= 15 is 0 Å². The van der Waals surface area contributed by atoms with Crippen LogP contribution in [0.15, 0.2) is 22.2 Å². The second kappa shape index (κ2) is 3.64. The summed E-state index contributed by atoms with van der Waals surface area (Å²) in [5.41, 5.74) is 0.794. The van der Waals surface area contributed by atoms with E-state index in [1.54, 1.807) is 19.1 Å². The van der Waals surface area contributed by atoms with Crippen LogP contribution in [0, 0.1) is 0 Å². The van der Waals surface area contributed by atoms with Crippen molar-refractivity contribution in [2.45, 2.75) is 13.3 Å². The van der Waals surface area contributed by atoms with Crippen LogP contribution < -0.4 is 0 Å². The predicted molar refractivity (Wildman–Crippen MR) is 43.5 cm³/mol. The van der Waals surface area contributed by atoms with Gasteiger partial charge in [-0.05, 0) is 0 Å². The predicted octanol–water partition coefficient (Wildman–Crippen LogP) is 0.576. The monoisotopic (exact) mass is 218 g/mol. The van der Waals surface area contributed by atoms with E-state index in [9.17, 15) is 14.4 Å². The number of rotatable bonds is 1. The minimum absolute atomic E-state index is 0.471. The molecule has 1 rings (SSSR count). The van der Waals surface area contributed by atoms with Crippen molar-refractivity contribution < 1.29 is 25.9 Å². The fourth-order valence-electron chi connectivity index (χ4n) is 1.12. The Kier molecular flexibility index (Phi) is 2.75. The van der Waals surface area contributed by atoms with Crippen LogP contribution in [-0.4, -0.2) is 14.4 Å². The van der Waals surface area contributed by atoms with Crippen LogP contribution in [0.3, 0.4) is 0 Å². The molecule has 0 unspecified atom stereocenters. The first-order chi connectivity index (χ1) is 6.20. The fraction of sp³-hybridized carbons (Fsp3) is 0.222. The average molecular weight is 218 g/mol. The van der Waals surface area contributed by atoms with E-state index < -0.39 is 11.5 Å². The van der Waals surface area contributed by atoms with Gasteiger partial charge in [0.25, 0.3) is 0 Å². The molecule has 0 radical (unpaired) electrons. The molecule has 0 aromatic heterocycles. The molecule has 0 spiro atoms. The van der Waals surface area contributed by atoms with Gasteiger partial charge in [-0.2, -0.15) is 0 Å². The van der Waals surface area contributed by atoms with Gasteiger partial charge in [-0.1, -0.05) is 0 Å². The molecule has 0 aromatic rings. The molecule has 0 aliphatic heterocycles. The molecule has 13 heavy (non-hydrogen) atoms. The first kappa shape index (κ1) is 9.82. The molecule has 0 atom stereocenters. The molecule has 0 heterocycles. The van der Waals surface area contributed by atoms with Gasteiger partial charge in [0, 0.05) is 0 Å². The summed E-state index contributed by atoms with van der Waals surface area (Å²) < 4.78 is 0.564. The number of hydrogen-bond acceptors (Lipinski definition) is 3. The van der Waals surface area contributed by atoms with Crippen molar-refractivity contribution in [3.8, 4) is 0 Å². The second-order valence-corrected chi connectivity index (χ2v) is 5.70. The maximum absolute atomic E-state index is 10.6. The molecular weight excluding hydrogens is 211 g/mol. The van der Waals surface area contributed by atoms with Gasteiger partial charge in [0.2, 0.25) is 0 Å². The van der Waals surface area contributed by atoms with Crippen molar-refractivity contribution in [3.05, 3.63) is 22.2 Å². The number of carbonyl (C=O) groups excluding carboxylic acids is 3. The molecule has 0 N–H and O–H groups in total. The number of hydrogen-bond donors (Lipinski definition) is 0. The van der Waals surface area contributed by atoms with E-state index in [0.29, 0.717) is 10.9 Å². The van der Waals surface area contributed by atoms with Crippen LogP contribution in [0.1, 0.15) is 13.3 Å². The summed E-state index contributed by atoms with van der Waals surface area (Å²) in [6.45, 7) is 1.76. The van der Waals surface area contributed by atoms with Crippen molar-refractivity contribution in [1.82, 2.24) is 0 Å². The first-order valence-corrected chi connectivity index (χ1v) is 5.86. The summed E-state index contributed by atoms with van der Waals surface area (Å²) in [6, 6.07) is 0. The number of allylic oxidation sites excluding steroid dienone is 4. The van der Waals surface area contributed by atoms with Crippen LogP contribution in [-0.2, 0) is 25.9 Å². The van der Waals surface area contributed by atoms with Gasteiger partial charge in [-0.15, -0.1) is 0 Å². The van der Waals surface area contributed by atoms with E-state index in [1.165, 1.54) is 14.4 Å². The minimum atomic E-state index is -3.47. The normalized spacial score (nSPS) is 15.2. The Labute approximate surface area is 76.2 Å². The van der Waals surface area contributed by atoms with Crippen LogP contribution in [0.4, 0.5) is 0 Å². The Hall–Kier alpha value is -1.26. The van der Waals surface area contributed by atoms with E-state index in [2.05, 4.69) is 0 Å². The molecule has 3 nitrogen and oxygen atoms in total. The summed E-state index contributed by atoms with van der Waals surface area (Å²) >= 11 is -3.47. The van der Waals surface area contributed by atoms with Crippen LogP contribution in [0.2, 0.25) is 0 Å². The molecule has 0 saturated carbocycles. The van der Waals surface area contributed by atoms with E-state index in [1.807, 2.05) is 0 Å². The topological polar surface area (TPSA) is 51.2 Å². The third kappa shape index (κ3) is 1.46. The SMILES string of the molecule is CC1=[C]([Mn](=[C]=O)(=[C]=O)=[C]=O)CC=C1. The summed E-state index contributed by atoms with van der Waals surface area (Å²) in [4.78, 5) is 36.3. The Balaban J connectivity index is 3.80. The summed E-state index contributed by atoms with van der Waals surface area (Å²) in [5.74, 6) is 0. The molecule has 1 aliphatic carbocycles. The standard InChI is InChI=1S/C6H7.3CO.Mn/c1-6-4-2-3-5-6;3*1-2;/h2,4H,3H2,1H3;;;;. The van der Waals surface area contributed by atoms with Gasteiger partial charge < -0.3 is 0 Å². The molecule has 0 saturated heterocycles. The molecule has 0 aromatic carbocycles. The van der Waals surface area contributed by atoms with E-state index in [-0.39, 0.29) is 0 Å². The van der Waals surface area contributed by atoms with E-state index in [0.717, 1.165) is 5.57 Å². The van der Waals surface area contributed by atoms with Crippen molar-refractivity contribution in [1.29, 1.82) is 0 Å². The Bertz CT molecular complexity index is 499. The van der Waals surface area contributed by atoms with Crippen molar-refractivity contribution in [2.75, 3.05) is 0 Å².